The molecule has 0 aliphatic carbocycles. The molecule has 1 aliphatic rings. The van der Waals surface area contributed by atoms with Gasteiger partial charge in [0.15, 0.2) is 11.5 Å². The van der Waals surface area contributed by atoms with E-state index < -0.39 is 11.2 Å². The van der Waals surface area contributed by atoms with E-state index in [0.29, 0.717) is 23.7 Å². The number of methoxy groups -OCH3 is 2. The Labute approximate surface area is 117 Å². The molecule has 1 fully saturated rings. The molecule has 3 nitrogen and oxygen atoms in total. The Kier molecular flexibility index (Phi) is 4.88. The van der Waals surface area contributed by atoms with E-state index in [9.17, 15) is 4.39 Å². The van der Waals surface area contributed by atoms with Crippen molar-refractivity contribution >= 4 is 11.6 Å². The van der Waals surface area contributed by atoms with Crippen molar-refractivity contribution in [2.75, 3.05) is 20.8 Å². The zero-order valence-electron chi connectivity index (χ0n) is 11.1. The summed E-state index contributed by atoms with van der Waals surface area (Å²) >= 11 is 6.35. The molecule has 1 aliphatic heterocycles. The van der Waals surface area contributed by atoms with Gasteiger partial charge in [-0.25, -0.2) is 4.39 Å². The van der Waals surface area contributed by atoms with Crippen molar-refractivity contribution in [2.45, 2.75) is 30.7 Å². The summed E-state index contributed by atoms with van der Waals surface area (Å²) in [7, 11) is 2.99. The summed E-state index contributed by atoms with van der Waals surface area (Å²) in [5.41, 5.74) is 0.395. The van der Waals surface area contributed by atoms with E-state index in [4.69, 9.17) is 25.8 Å². The average molecular weight is 289 g/mol. The highest BCUT2D eigenvalue weighted by Gasteiger charge is 2.27. The normalized spacial score (nSPS) is 20.9. The molecule has 0 amide bonds. The largest absolute Gasteiger partial charge is 0.493 e. The highest BCUT2D eigenvalue weighted by molar-refractivity contribution is 6.21. The molecule has 106 valence electrons. The van der Waals surface area contributed by atoms with Crippen LogP contribution in [0.5, 0.6) is 11.5 Å². The lowest BCUT2D eigenvalue weighted by Crippen LogP contribution is -2.24. The molecule has 0 spiro atoms. The number of hydrogen-bond acceptors (Lipinski definition) is 3. The van der Waals surface area contributed by atoms with Gasteiger partial charge in [0, 0.05) is 18.2 Å². The van der Waals surface area contributed by atoms with Gasteiger partial charge in [-0.05, 0) is 25.3 Å². The summed E-state index contributed by atoms with van der Waals surface area (Å²) in [5, 5.41) is -0.514. The van der Waals surface area contributed by atoms with E-state index in [1.165, 1.54) is 20.3 Å². The van der Waals surface area contributed by atoms with E-state index in [0.717, 1.165) is 19.3 Å². The summed E-state index contributed by atoms with van der Waals surface area (Å²) in [6.45, 7) is 0.683. The van der Waals surface area contributed by atoms with Crippen molar-refractivity contribution < 1.29 is 18.6 Å². The minimum Gasteiger partial charge on any atom is -0.493 e. The van der Waals surface area contributed by atoms with E-state index in [-0.39, 0.29) is 6.10 Å². The van der Waals surface area contributed by atoms with Crippen LogP contribution in [-0.2, 0) is 4.74 Å². The number of ether oxygens (including phenoxy) is 3. The van der Waals surface area contributed by atoms with E-state index in [1.54, 1.807) is 6.07 Å². The molecule has 0 N–H and O–H groups in total. The van der Waals surface area contributed by atoms with Gasteiger partial charge >= 0.3 is 0 Å². The lowest BCUT2D eigenvalue weighted by molar-refractivity contribution is 0.0130. The van der Waals surface area contributed by atoms with Crippen LogP contribution in [0, 0.1) is 5.82 Å². The van der Waals surface area contributed by atoms with Gasteiger partial charge in [0.1, 0.15) is 5.82 Å². The van der Waals surface area contributed by atoms with Crippen molar-refractivity contribution in [3.63, 3.8) is 0 Å². The van der Waals surface area contributed by atoms with E-state index in [2.05, 4.69) is 0 Å². The third-order valence-corrected chi connectivity index (χ3v) is 3.86. The van der Waals surface area contributed by atoms with Crippen LogP contribution in [0.4, 0.5) is 4.39 Å². The number of alkyl halides is 1. The second-order valence-corrected chi connectivity index (χ2v) is 5.01. The Morgan fingerprint density at radius 2 is 1.95 bits per heavy atom. The van der Waals surface area contributed by atoms with Gasteiger partial charge in [-0.15, -0.1) is 11.6 Å². The molecule has 0 saturated carbocycles. The van der Waals surface area contributed by atoms with Crippen molar-refractivity contribution in [2.24, 2.45) is 0 Å². The van der Waals surface area contributed by atoms with Crippen LogP contribution in [0.25, 0.3) is 0 Å². The molecule has 5 heteroatoms. The summed E-state index contributed by atoms with van der Waals surface area (Å²) in [5.74, 6) is 0.435. The van der Waals surface area contributed by atoms with Crippen LogP contribution in [0.2, 0.25) is 0 Å². The maximum Gasteiger partial charge on any atom is 0.163 e. The molecule has 19 heavy (non-hydrogen) atoms. The first-order chi connectivity index (χ1) is 9.17. The molecule has 1 heterocycles. The Bertz CT molecular complexity index is 433. The van der Waals surface area contributed by atoms with Gasteiger partial charge in [-0.1, -0.05) is 0 Å². The Morgan fingerprint density at radius 3 is 2.53 bits per heavy atom. The quantitative estimate of drug-likeness (QED) is 0.791. The van der Waals surface area contributed by atoms with Crippen LogP contribution in [0.1, 0.15) is 30.2 Å². The minimum atomic E-state index is -0.514. The highest BCUT2D eigenvalue weighted by Crippen LogP contribution is 2.38. The van der Waals surface area contributed by atoms with Crippen LogP contribution in [0.15, 0.2) is 12.1 Å². The fourth-order valence-corrected chi connectivity index (χ4v) is 2.64. The fraction of sp³-hybridized carbons (Fsp3) is 0.571. The molecule has 0 radical (unpaired) electrons. The van der Waals surface area contributed by atoms with Crippen LogP contribution < -0.4 is 9.47 Å². The molecule has 2 unspecified atom stereocenters. The number of halogens is 2. The zero-order chi connectivity index (χ0) is 13.8. The summed E-state index contributed by atoms with van der Waals surface area (Å²) in [4.78, 5) is 0. The first-order valence-electron chi connectivity index (χ1n) is 6.34. The second-order valence-electron chi connectivity index (χ2n) is 4.54. The maximum absolute atomic E-state index is 14.1. The van der Waals surface area contributed by atoms with E-state index >= 15 is 0 Å². The zero-order valence-corrected chi connectivity index (χ0v) is 11.9. The van der Waals surface area contributed by atoms with Crippen LogP contribution in [-0.4, -0.2) is 26.9 Å². The van der Waals surface area contributed by atoms with Crippen molar-refractivity contribution in [3.05, 3.63) is 23.5 Å². The van der Waals surface area contributed by atoms with Gasteiger partial charge in [0.25, 0.3) is 0 Å². The topological polar surface area (TPSA) is 27.7 Å². The number of hydrogen-bond donors (Lipinski definition) is 0. The second kappa shape index (κ2) is 6.44. The first-order valence-corrected chi connectivity index (χ1v) is 6.78. The molecule has 2 rings (SSSR count). The summed E-state index contributed by atoms with van der Waals surface area (Å²) in [6.07, 6.45) is 2.79. The minimum absolute atomic E-state index is 0.150. The smallest absolute Gasteiger partial charge is 0.163 e. The predicted octanol–water partition coefficient (Wildman–Crippen LogP) is 3.69. The average Bonchev–Trinajstić information content (AvgIpc) is 2.47. The molecule has 1 saturated heterocycles. The molecule has 2 atom stereocenters. The van der Waals surface area contributed by atoms with Gasteiger partial charge in [0.2, 0.25) is 0 Å². The molecule has 0 bridgehead atoms. The Hall–Kier alpha value is -1.00. The van der Waals surface area contributed by atoms with Gasteiger partial charge in [-0.3, -0.25) is 0 Å². The summed E-state index contributed by atoms with van der Waals surface area (Å²) < 4.78 is 29.9. The number of benzene rings is 1. The van der Waals surface area contributed by atoms with Gasteiger partial charge < -0.3 is 14.2 Å². The highest BCUT2D eigenvalue weighted by atomic mass is 35.5. The van der Waals surface area contributed by atoms with Gasteiger partial charge in [0.05, 0.1) is 25.7 Å². The van der Waals surface area contributed by atoms with Crippen molar-refractivity contribution in [1.82, 2.24) is 0 Å². The monoisotopic (exact) mass is 288 g/mol. The van der Waals surface area contributed by atoms with Crippen LogP contribution >= 0.6 is 11.6 Å². The van der Waals surface area contributed by atoms with Crippen molar-refractivity contribution in [1.29, 1.82) is 0 Å². The lowest BCUT2D eigenvalue weighted by atomic mass is 10.00. The van der Waals surface area contributed by atoms with Crippen LogP contribution in [0.3, 0.4) is 0 Å². The third kappa shape index (κ3) is 3.12. The molecular formula is C14H18ClFO3. The number of rotatable bonds is 4. The molecule has 0 aromatic heterocycles. The molecular weight excluding hydrogens is 271 g/mol. The maximum atomic E-state index is 14.1. The first kappa shape index (κ1) is 14.4. The van der Waals surface area contributed by atoms with Crippen molar-refractivity contribution in [3.8, 4) is 11.5 Å². The standard InChI is InChI=1S/C14H18ClFO3/c1-17-12-7-9(10(16)8-13(12)18-2)14(15)11-5-3-4-6-19-11/h7-8,11,14H,3-6H2,1-2H3. The fourth-order valence-electron chi connectivity index (χ4n) is 2.28. The summed E-state index contributed by atoms with van der Waals surface area (Å²) in [6, 6.07) is 2.89. The molecule has 1 aromatic carbocycles. The predicted molar refractivity (Wildman–Crippen MR) is 71.7 cm³/mol. The SMILES string of the molecule is COc1cc(F)c(C(Cl)C2CCCCO2)cc1OC. The third-order valence-electron chi connectivity index (χ3n) is 3.34. The molecule has 1 aromatic rings. The van der Waals surface area contributed by atoms with E-state index in [1.807, 2.05) is 0 Å². The Balaban J connectivity index is 2.27. The Morgan fingerprint density at radius 1 is 1.26 bits per heavy atom. The van der Waals surface area contributed by atoms with Gasteiger partial charge in [-0.2, -0.15) is 0 Å². The lowest BCUT2D eigenvalue weighted by Gasteiger charge is -2.27.